The van der Waals surface area contributed by atoms with Gasteiger partial charge in [0.05, 0.1) is 5.56 Å². The van der Waals surface area contributed by atoms with Crippen LogP contribution >= 0.6 is 0 Å². The summed E-state index contributed by atoms with van der Waals surface area (Å²) in [6.45, 7) is 3.50. The molecule has 0 aliphatic carbocycles. The number of benzene rings is 1. The monoisotopic (exact) mass is 181 g/mol. The number of rotatable bonds is 1. The molecule has 0 aromatic heterocycles. The van der Waals surface area contributed by atoms with Crippen molar-refractivity contribution in [2.24, 2.45) is 0 Å². The van der Waals surface area contributed by atoms with Gasteiger partial charge >= 0.3 is 0 Å². The predicted octanol–water partition coefficient (Wildman–Crippen LogP) is 1.13. The van der Waals surface area contributed by atoms with E-state index in [1.165, 1.54) is 11.5 Å². The summed E-state index contributed by atoms with van der Waals surface area (Å²) in [4.78, 5) is 11.0. The minimum atomic E-state index is -0.704. The van der Waals surface area contributed by atoms with E-state index in [1.54, 1.807) is 19.9 Å². The van der Waals surface area contributed by atoms with Crippen LogP contribution in [0.5, 0.6) is 5.75 Å². The van der Waals surface area contributed by atoms with Gasteiger partial charge in [0.15, 0.2) is 0 Å². The van der Waals surface area contributed by atoms with Crippen molar-refractivity contribution in [1.82, 2.24) is 5.48 Å². The van der Waals surface area contributed by atoms with Crippen LogP contribution in [0.25, 0.3) is 0 Å². The standard InChI is InChI=1S/C9H11NO3/c1-5-3-6(2)8(11)7(4-5)9(12)10-13/h3-4,11,13H,1-2H3,(H,10,12). The summed E-state index contributed by atoms with van der Waals surface area (Å²) in [6, 6.07) is 3.26. The maximum Gasteiger partial charge on any atom is 0.278 e. The highest BCUT2D eigenvalue weighted by molar-refractivity contribution is 5.96. The number of hydroxylamine groups is 1. The number of hydrogen-bond acceptors (Lipinski definition) is 3. The smallest absolute Gasteiger partial charge is 0.278 e. The predicted molar refractivity (Wildman–Crippen MR) is 46.8 cm³/mol. The molecule has 13 heavy (non-hydrogen) atoms. The summed E-state index contributed by atoms with van der Waals surface area (Å²) in [5, 5.41) is 17.8. The first-order valence-corrected chi connectivity index (χ1v) is 3.81. The number of phenols is 1. The van der Waals surface area contributed by atoms with E-state index in [9.17, 15) is 9.90 Å². The fourth-order valence-corrected chi connectivity index (χ4v) is 1.19. The van der Waals surface area contributed by atoms with Crippen molar-refractivity contribution >= 4 is 5.91 Å². The summed E-state index contributed by atoms with van der Waals surface area (Å²) in [6.07, 6.45) is 0. The second-order valence-electron chi connectivity index (χ2n) is 2.92. The lowest BCUT2D eigenvalue weighted by atomic mass is 10.1. The second-order valence-corrected chi connectivity index (χ2v) is 2.92. The van der Waals surface area contributed by atoms with E-state index in [0.717, 1.165) is 5.56 Å². The molecule has 0 saturated carbocycles. The summed E-state index contributed by atoms with van der Waals surface area (Å²) >= 11 is 0. The molecule has 0 bridgehead atoms. The fourth-order valence-electron chi connectivity index (χ4n) is 1.19. The molecular weight excluding hydrogens is 170 g/mol. The van der Waals surface area contributed by atoms with Crippen LogP contribution in [0.3, 0.4) is 0 Å². The number of nitrogens with one attached hydrogen (secondary N) is 1. The number of carbonyl (C=O) groups excluding carboxylic acids is 1. The van der Waals surface area contributed by atoms with Crippen LogP contribution in [0.2, 0.25) is 0 Å². The Kier molecular flexibility index (Phi) is 2.53. The molecule has 1 aromatic rings. The van der Waals surface area contributed by atoms with Crippen LogP contribution in [0.15, 0.2) is 12.1 Å². The third-order valence-electron chi connectivity index (χ3n) is 1.79. The van der Waals surface area contributed by atoms with E-state index in [1.807, 2.05) is 0 Å². The first-order chi connectivity index (χ1) is 6.06. The Bertz CT molecular complexity index is 347. The molecule has 0 unspecified atom stereocenters. The van der Waals surface area contributed by atoms with E-state index >= 15 is 0 Å². The van der Waals surface area contributed by atoms with Gasteiger partial charge in [0.1, 0.15) is 5.75 Å². The van der Waals surface area contributed by atoms with Gasteiger partial charge < -0.3 is 5.11 Å². The Balaban J connectivity index is 3.28. The zero-order chi connectivity index (χ0) is 10.0. The molecule has 0 saturated heterocycles. The van der Waals surface area contributed by atoms with Gasteiger partial charge in [-0.05, 0) is 31.0 Å². The third-order valence-corrected chi connectivity index (χ3v) is 1.79. The van der Waals surface area contributed by atoms with Crippen molar-refractivity contribution in [2.75, 3.05) is 0 Å². The number of amides is 1. The normalized spacial score (nSPS) is 9.77. The average molecular weight is 181 g/mol. The van der Waals surface area contributed by atoms with Crippen LogP contribution in [-0.2, 0) is 0 Å². The Morgan fingerprint density at radius 2 is 2.00 bits per heavy atom. The molecule has 1 rings (SSSR count). The molecular formula is C9H11NO3. The molecule has 3 N–H and O–H groups in total. The molecule has 4 nitrogen and oxygen atoms in total. The number of aryl methyl sites for hydroxylation is 2. The van der Waals surface area contributed by atoms with Crippen molar-refractivity contribution in [3.8, 4) is 5.75 Å². The van der Waals surface area contributed by atoms with Crippen molar-refractivity contribution < 1.29 is 15.1 Å². The topological polar surface area (TPSA) is 69.6 Å². The van der Waals surface area contributed by atoms with Crippen molar-refractivity contribution in [3.63, 3.8) is 0 Å². The molecule has 0 aliphatic rings. The fraction of sp³-hybridized carbons (Fsp3) is 0.222. The van der Waals surface area contributed by atoms with Crippen LogP contribution < -0.4 is 5.48 Å². The molecule has 1 amide bonds. The second kappa shape index (κ2) is 3.45. The van der Waals surface area contributed by atoms with E-state index < -0.39 is 5.91 Å². The molecule has 0 atom stereocenters. The Labute approximate surface area is 75.8 Å². The van der Waals surface area contributed by atoms with Crippen molar-refractivity contribution in [2.45, 2.75) is 13.8 Å². The minimum Gasteiger partial charge on any atom is -0.507 e. The summed E-state index contributed by atoms with van der Waals surface area (Å²) in [5.74, 6) is -0.804. The Morgan fingerprint density at radius 1 is 1.38 bits per heavy atom. The molecule has 0 fully saturated rings. The van der Waals surface area contributed by atoms with Gasteiger partial charge in [-0.25, -0.2) is 5.48 Å². The van der Waals surface area contributed by atoms with Gasteiger partial charge in [-0.15, -0.1) is 0 Å². The first-order valence-electron chi connectivity index (χ1n) is 3.81. The maximum atomic E-state index is 11.0. The van der Waals surface area contributed by atoms with Crippen LogP contribution in [0, 0.1) is 13.8 Å². The van der Waals surface area contributed by atoms with Gasteiger partial charge in [0, 0.05) is 0 Å². The molecule has 0 aliphatic heterocycles. The van der Waals surface area contributed by atoms with Crippen LogP contribution in [0.4, 0.5) is 0 Å². The summed E-state index contributed by atoms with van der Waals surface area (Å²) in [5.41, 5.74) is 3.03. The number of hydrogen-bond donors (Lipinski definition) is 3. The van der Waals surface area contributed by atoms with Crippen molar-refractivity contribution in [1.29, 1.82) is 0 Å². The minimum absolute atomic E-state index is 0.0833. The highest BCUT2D eigenvalue weighted by Gasteiger charge is 2.12. The highest BCUT2D eigenvalue weighted by Crippen LogP contribution is 2.23. The lowest BCUT2D eigenvalue weighted by Crippen LogP contribution is -2.19. The number of carbonyl (C=O) groups is 1. The summed E-state index contributed by atoms with van der Waals surface area (Å²) in [7, 11) is 0. The molecule has 0 radical (unpaired) electrons. The quantitative estimate of drug-likeness (QED) is 0.449. The van der Waals surface area contributed by atoms with Crippen LogP contribution in [-0.4, -0.2) is 16.2 Å². The van der Waals surface area contributed by atoms with Gasteiger partial charge in [0.2, 0.25) is 0 Å². The molecule has 70 valence electrons. The third kappa shape index (κ3) is 1.78. The molecule has 4 heteroatoms. The maximum absolute atomic E-state index is 11.0. The van der Waals surface area contributed by atoms with Gasteiger partial charge in [-0.1, -0.05) is 6.07 Å². The lowest BCUT2D eigenvalue weighted by molar-refractivity contribution is 0.0703. The largest absolute Gasteiger partial charge is 0.507 e. The molecule has 0 heterocycles. The van der Waals surface area contributed by atoms with E-state index in [2.05, 4.69) is 0 Å². The van der Waals surface area contributed by atoms with E-state index in [4.69, 9.17) is 5.21 Å². The zero-order valence-corrected chi connectivity index (χ0v) is 7.46. The number of phenolic OH excluding ortho intramolecular Hbond substituents is 1. The van der Waals surface area contributed by atoms with Gasteiger partial charge in [-0.2, -0.15) is 0 Å². The van der Waals surface area contributed by atoms with Gasteiger partial charge in [-0.3, -0.25) is 10.0 Å². The van der Waals surface area contributed by atoms with Crippen LogP contribution in [0.1, 0.15) is 21.5 Å². The highest BCUT2D eigenvalue weighted by atomic mass is 16.5. The molecule has 0 spiro atoms. The number of aromatic hydroxyl groups is 1. The first kappa shape index (κ1) is 9.54. The van der Waals surface area contributed by atoms with Gasteiger partial charge in [0.25, 0.3) is 5.91 Å². The molecule has 1 aromatic carbocycles. The Morgan fingerprint density at radius 3 is 2.54 bits per heavy atom. The average Bonchev–Trinajstić information content (AvgIpc) is 2.10. The van der Waals surface area contributed by atoms with E-state index in [0.29, 0.717) is 5.56 Å². The van der Waals surface area contributed by atoms with E-state index in [-0.39, 0.29) is 11.3 Å². The zero-order valence-electron chi connectivity index (χ0n) is 7.46. The Hall–Kier alpha value is -1.55. The SMILES string of the molecule is Cc1cc(C)c(O)c(C(=O)NO)c1. The van der Waals surface area contributed by atoms with Crippen molar-refractivity contribution in [3.05, 3.63) is 28.8 Å². The summed E-state index contributed by atoms with van der Waals surface area (Å²) < 4.78 is 0. The lowest BCUT2D eigenvalue weighted by Gasteiger charge is -2.06.